The van der Waals surface area contributed by atoms with Crippen molar-refractivity contribution in [3.05, 3.63) is 176 Å². The Bertz CT molecular complexity index is 3480. The lowest BCUT2D eigenvalue weighted by molar-refractivity contribution is 0.670. The minimum absolute atomic E-state index is 0.0417. The molecule has 1 unspecified atom stereocenters. The highest BCUT2D eigenvalue weighted by molar-refractivity contribution is 7.26. The molecule has 56 heavy (non-hydrogen) atoms. The van der Waals surface area contributed by atoms with Crippen LogP contribution in [0.3, 0.4) is 0 Å². The van der Waals surface area contributed by atoms with Gasteiger partial charge in [-0.2, -0.15) is 0 Å². The summed E-state index contributed by atoms with van der Waals surface area (Å²) in [7, 11) is 0. The van der Waals surface area contributed by atoms with E-state index in [4.69, 9.17) is 19.4 Å². The molecule has 3 aromatic heterocycles. The van der Waals surface area contributed by atoms with Crippen LogP contribution in [0.5, 0.6) is 0 Å². The van der Waals surface area contributed by atoms with Crippen LogP contribution in [0.25, 0.3) is 108 Å². The maximum atomic E-state index is 6.88. The van der Waals surface area contributed by atoms with Crippen LogP contribution in [0, 0.1) is 0 Å². The molecule has 1 aliphatic carbocycles. The predicted molar refractivity (Wildman–Crippen MR) is 234 cm³/mol. The molecule has 0 saturated heterocycles. The van der Waals surface area contributed by atoms with Gasteiger partial charge in [-0.15, -0.1) is 11.3 Å². The maximum absolute atomic E-state index is 6.88. The van der Waals surface area contributed by atoms with Gasteiger partial charge in [0.15, 0.2) is 11.6 Å². The fourth-order valence-corrected chi connectivity index (χ4v) is 9.92. The number of para-hydroxylation sites is 1. The molecular weight excluding hydrogens is 703 g/mol. The van der Waals surface area contributed by atoms with Crippen molar-refractivity contribution >= 4 is 85.8 Å². The molecule has 1 aliphatic rings. The number of fused-ring (bicyclic) bond motifs is 11. The molecule has 4 nitrogen and oxygen atoms in total. The first-order valence-corrected chi connectivity index (χ1v) is 19.9. The zero-order valence-electron chi connectivity index (χ0n) is 30.1. The zero-order valence-corrected chi connectivity index (χ0v) is 30.9. The molecule has 0 radical (unpaired) electrons. The van der Waals surface area contributed by atoms with Crippen LogP contribution >= 0.6 is 11.3 Å². The Hall–Kier alpha value is -6.95. The van der Waals surface area contributed by atoms with E-state index < -0.39 is 0 Å². The molecule has 8 aromatic carbocycles. The molecule has 12 rings (SSSR count). The van der Waals surface area contributed by atoms with Crippen molar-refractivity contribution in [2.75, 3.05) is 0 Å². The van der Waals surface area contributed by atoms with E-state index in [9.17, 15) is 0 Å². The molecule has 5 heteroatoms. The molecule has 0 spiro atoms. The highest BCUT2D eigenvalue weighted by Crippen LogP contribution is 2.47. The van der Waals surface area contributed by atoms with Gasteiger partial charge in [-0.25, -0.2) is 15.0 Å². The quantitative estimate of drug-likeness (QED) is 0.169. The smallest absolute Gasteiger partial charge is 0.164 e. The summed E-state index contributed by atoms with van der Waals surface area (Å²) in [5.74, 6) is 2.10. The number of allylic oxidation sites excluding steroid dienone is 4. The Morgan fingerprint density at radius 3 is 2.12 bits per heavy atom. The fourth-order valence-electron chi connectivity index (χ4n) is 8.77. The average molecular weight is 734 g/mol. The maximum Gasteiger partial charge on any atom is 0.164 e. The minimum Gasteiger partial charge on any atom is -0.455 e. The standard InChI is InChI=1S/C51H31N3OS/c1-2-13-32(14-3-1)49-52-50(34-23-25-36-33(29-34)22-21-30-11-4-6-15-35(30)36)54-51(53-49)41-27-26-39(48-45(41)40-17-8-9-19-42(40)55-48)38-18-10-20-43-47(38)46-37-16-7-5-12-31(37)24-28-44(46)56-43/h1-13,15-29,32H,14H2. The number of hydrogen-bond acceptors (Lipinski definition) is 5. The first kappa shape index (κ1) is 31.4. The zero-order chi connectivity index (χ0) is 36.7. The van der Waals surface area contributed by atoms with Crippen molar-refractivity contribution in [3.8, 4) is 33.9 Å². The minimum atomic E-state index is 0.0417. The summed E-state index contributed by atoms with van der Waals surface area (Å²) in [5, 5.41) is 11.9. The van der Waals surface area contributed by atoms with Gasteiger partial charge in [-0.1, -0.05) is 133 Å². The molecule has 3 heterocycles. The first-order valence-electron chi connectivity index (χ1n) is 19.0. The van der Waals surface area contributed by atoms with Gasteiger partial charge in [0.2, 0.25) is 0 Å². The van der Waals surface area contributed by atoms with Crippen LogP contribution in [-0.2, 0) is 0 Å². The fraction of sp³-hybridized carbons (Fsp3) is 0.0392. The van der Waals surface area contributed by atoms with Crippen molar-refractivity contribution in [2.45, 2.75) is 12.3 Å². The molecule has 0 bridgehead atoms. The van der Waals surface area contributed by atoms with Crippen LogP contribution in [0.15, 0.2) is 174 Å². The third-order valence-electron chi connectivity index (χ3n) is 11.4. The summed E-state index contributed by atoms with van der Waals surface area (Å²) in [6, 6.07) is 52.0. The van der Waals surface area contributed by atoms with Crippen molar-refractivity contribution < 1.29 is 4.42 Å². The lowest BCUT2D eigenvalue weighted by Gasteiger charge is -2.15. The van der Waals surface area contributed by atoms with Gasteiger partial charge >= 0.3 is 0 Å². The van der Waals surface area contributed by atoms with E-state index in [1.807, 2.05) is 17.4 Å². The largest absolute Gasteiger partial charge is 0.455 e. The molecule has 0 amide bonds. The summed E-state index contributed by atoms with van der Waals surface area (Å²) in [6.45, 7) is 0. The molecule has 0 fully saturated rings. The highest BCUT2D eigenvalue weighted by Gasteiger charge is 2.24. The molecular formula is C51H31N3OS. The lowest BCUT2D eigenvalue weighted by atomic mass is 9.93. The third kappa shape index (κ3) is 4.81. The second-order valence-corrected chi connectivity index (χ2v) is 15.7. The number of rotatable bonds is 4. The number of aromatic nitrogens is 3. The SMILES string of the molecule is C1=CCC(c2nc(-c3ccc4c(ccc5ccccc54)c3)nc(-c3ccc(-c4cccc5sc6ccc7ccccc7c6c45)c4oc5ccccc5c34)n2)C=C1. The molecule has 0 N–H and O–H groups in total. The Morgan fingerprint density at radius 1 is 0.500 bits per heavy atom. The van der Waals surface area contributed by atoms with Gasteiger partial charge in [0, 0.05) is 53.6 Å². The van der Waals surface area contributed by atoms with Gasteiger partial charge in [0.25, 0.3) is 0 Å². The van der Waals surface area contributed by atoms with E-state index in [-0.39, 0.29) is 5.92 Å². The van der Waals surface area contributed by atoms with Crippen LogP contribution in [-0.4, -0.2) is 15.0 Å². The Balaban J connectivity index is 1.11. The Kier molecular flexibility index (Phi) is 6.89. The second-order valence-electron chi connectivity index (χ2n) is 14.6. The number of thiophene rings is 1. The van der Waals surface area contributed by atoms with E-state index in [1.54, 1.807) is 0 Å². The van der Waals surface area contributed by atoms with E-state index >= 15 is 0 Å². The topological polar surface area (TPSA) is 51.8 Å². The van der Waals surface area contributed by atoms with E-state index in [1.165, 1.54) is 47.1 Å². The Morgan fingerprint density at radius 2 is 1.23 bits per heavy atom. The van der Waals surface area contributed by atoms with Gasteiger partial charge in [-0.05, 0) is 80.7 Å². The van der Waals surface area contributed by atoms with Crippen molar-refractivity contribution in [1.82, 2.24) is 15.0 Å². The number of furan rings is 1. The number of nitrogens with zero attached hydrogens (tertiary/aromatic N) is 3. The van der Waals surface area contributed by atoms with Crippen LogP contribution in [0.2, 0.25) is 0 Å². The number of hydrogen-bond donors (Lipinski definition) is 0. The summed E-state index contributed by atoms with van der Waals surface area (Å²) in [4.78, 5) is 15.7. The molecule has 262 valence electrons. The lowest BCUT2D eigenvalue weighted by Crippen LogP contribution is -2.08. The molecule has 11 aromatic rings. The van der Waals surface area contributed by atoms with Gasteiger partial charge in [0.1, 0.15) is 17.0 Å². The van der Waals surface area contributed by atoms with Crippen molar-refractivity contribution in [3.63, 3.8) is 0 Å². The summed E-state index contributed by atoms with van der Waals surface area (Å²) < 4.78 is 9.42. The van der Waals surface area contributed by atoms with E-state index in [0.717, 1.165) is 61.8 Å². The summed E-state index contributed by atoms with van der Waals surface area (Å²) in [6.07, 6.45) is 9.39. The van der Waals surface area contributed by atoms with Crippen molar-refractivity contribution in [2.24, 2.45) is 0 Å². The van der Waals surface area contributed by atoms with Gasteiger partial charge in [0.05, 0.1) is 0 Å². The Labute approximate surface area is 325 Å². The monoisotopic (exact) mass is 733 g/mol. The molecule has 0 aliphatic heterocycles. The van der Waals surface area contributed by atoms with Gasteiger partial charge < -0.3 is 4.42 Å². The predicted octanol–water partition coefficient (Wildman–Crippen LogP) is 14.2. The van der Waals surface area contributed by atoms with Crippen LogP contribution in [0.1, 0.15) is 18.2 Å². The van der Waals surface area contributed by atoms with Crippen LogP contribution < -0.4 is 0 Å². The molecule has 0 saturated carbocycles. The van der Waals surface area contributed by atoms with E-state index in [2.05, 4.69) is 164 Å². The number of benzene rings is 8. The summed E-state index contributed by atoms with van der Waals surface area (Å²) in [5.41, 5.74) is 5.75. The average Bonchev–Trinajstić information content (AvgIpc) is 3.86. The normalized spacial score (nSPS) is 14.4. The van der Waals surface area contributed by atoms with Crippen LogP contribution in [0.4, 0.5) is 0 Å². The first-order chi connectivity index (χ1) is 27.7. The molecule has 1 atom stereocenters. The third-order valence-corrected chi connectivity index (χ3v) is 12.5. The highest BCUT2D eigenvalue weighted by atomic mass is 32.1. The van der Waals surface area contributed by atoms with E-state index in [0.29, 0.717) is 11.6 Å². The van der Waals surface area contributed by atoms with Crippen molar-refractivity contribution in [1.29, 1.82) is 0 Å². The van der Waals surface area contributed by atoms with Gasteiger partial charge in [-0.3, -0.25) is 0 Å². The summed E-state index contributed by atoms with van der Waals surface area (Å²) >= 11 is 1.84. The second kappa shape index (κ2) is 12.3.